The first-order chi connectivity index (χ1) is 11.3. The first-order valence-electron chi connectivity index (χ1n) is 7.92. The number of aromatic amines is 1. The van der Waals surface area contributed by atoms with Gasteiger partial charge in [0.15, 0.2) is 0 Å². The van der Waals surface area contributed by atoms with Gasteiger partial charge in [-0.05, 0) is 30.5 Å². The van der Waals surface area contributed by atoms with Crippen LogP contribution >= 0.6 is 0 Å². The van der Waals surface area contributed by atoms with E-state index in [2.05, 4.69) is 20.3 Å². The van der Waals surface area contributed by atoms with Gasteiger partial charge in [0.25, 0.3) is 0 Å². The largest absolute Gasteiger partial charge is 0.361 e. The molecule has 0 spiro atoms. The minimum absolute atomic E-state index is 0.00124. The van der Waals surface area contributed by atoms with Gasteiger partial charge in [-0.3, -0.25) is 4.79 Å². The minimum Gasteiger partial charge on any atom is -0.361 e. The Hall–Kier alpha value is -2.69. The van der Waals surface area contributed by atoms with Gasteiger partial charge < -0.3 is 10.3 Å². The Morgan fingerprint density at radius 2 is 2.13 bits per heavy atom. The summed E-state index contributed by atoms with van der Waals surface area (Å²) >= 11 is 0. The lowest BCUT2D eigenvalue weighted by Gasteiger charge is -2.05. The summed E-state index contributed by atoms with van der Waals surface area (Å²) < 4.78 is 0. The number of nitrogens with one attached hydrogen (secondary N) is 2. The van der Waals surface area contributed by atoms with Gasteiger partial charge in [-0.1, -0.05) is 18.2 Å². The summed E-state index contributed by atoms with van der Waals surface area (Å²) in [5.74, 6) is 0.597. The first-order valence-corrected chi connectivity index (χ1v) is 7.92. The van der Waals surface area contributed by atoms with Crippen molar-refractivity contribution >= 4 is 16.8 Å². The third kappa shape index (κ3) is 3.08. The number of carbonyl (C=O) groups excluding carboxylic acids is 1. The maximum atomic E-state index is 12.2. The van der Waals surface area contributed by atoms with Gasteiger partial charge in [-0.15, -0.1) is 0 Å². The molecule has 1 fully saturated rings. The molecule has 0 unspecified atom stereocenters. The van der Waals surface area contributed by atoms with Crippen LogP contribution < -0.4 is 5.32 Å². The van der Waals surface area contributed by atoms with Crippen LogP contribution in [0.15, 0.2) is 42.9 Å². The summed E-state index contributed by atoms with van der Waals surface area (Å²) in [7, 11) is 0. The van der Waals surface area contributed by atoms with Crippen molar-refractivity contribution in [1.82, 2.24) is 20.3 Å². The Kier molecular flexibility index (Phi) is 3.54. The third-order valence-corrected chi connectivity index (χ3v) is 4.23. The number of H-pyrrole nitrogens is 1. The monoisotopic (exact) mass is 306 g/mol. The van der Waals surface area contributed by atoms with Gasteiger partial charge in [0.2, 0.25) is 5.91 Å². The van der Waals surface area contributed by atoms with Crippen LogP contribution in [0.2, 0.25) is 0 Å². The van der Waals surface area contributed by atoms with E-state index in [9.17, 15) is 4.79 Å². The van der Waals surface area contributed by atoms with E-state index in [1.54, 1.807) is 6.33 Å². The molecule has 3 aromatic rings. The second-order valence-electron chi connectivity index (χ2n) is 6.02. The van der Waals surface area contributed by atoms with Crippen molar-refractivity contribution in [1.29, 1.82) is 0 Å². The second-order valence-corrected chi connectivity index (χ2v) is 6.02. The molecule has 2 heterocycles. The van der Waals surface area contributed by atoms with E-state index in [0.29, 0.717) is 18.9 Å². The Labute approximate surface area is 134 Å². The highest BCUT2D eigenvalue weighted by molar-refractivity contribution is 5.88. The predicted octanol–water partition coefficient (Wildman–Crippen LogP) is 2.69. The van der Waals surface area contributed by atoms with Gasteiger partial charge in [0.1, 0.15) is 6.33 Å². The number of aromatic nitrogens is 3. The first kappa shape index (κ1) is 13.9. The SMILES string of the molecule is O=C(Cc1c[nH]c2ccccc12)NCc1cc(C2CC2)ncn1. The molecular weight excluding hydrogens is 288 g/mol. The molecule has 23 heavy (non-hydrogen) atoms. The lowest BCUT2D eigenvalue weighted by Crippen LogP contribution is -2.25. The molecule has 0 bridgehead atoms. The maximum absolute atomic E-state index is 12.2. The molecule has 0 atom stereocenters. The highest BCUT2D eigenvalue weighted by Gasteiger charge is 2.25. The van der Waals surface area contributed by atoms with Crippen LogP contribution in [0, 0.1) is 0 Å². The van der Waals surface area contributed by atoms with Gasteiger partial charge >= 0.3 is 0 Å². The van der Waals surface area contributed by atoms with E-state index >= 15 is 0 Å². The van der Waals surface area contributed by atoms with E-state index in [1.165, 1.54) is 12.8 Å². The van der Waals surface area contributed by atoms with Crippen LogP contribution in [0.5, 0.6) is 0 Å². The zero-order chi connectivity index (χ0) is 15.6. The van der Waals surface area contributed by atoms with Crippen molar-refractivity contribution in [3.8, 4) is 0 Å². The summed E-state index contributed by atoms with van der Waals surface area (Å²) in [6.45, 7) is 0.448. The number of rotatable bonds is 5. The summed E-state index contributed by atoms with van der Waals surface area (Å²) in [5.41, 5.74) is 4.04. The smallest absolute Gasteiger partial charge is 0.224 e. The molecule has 5 nitrogen and oxygen atoms in total. The normalized spacial score (nSPS) is 14.1. The van der Waals surface area contributed by atoms with Crippen LogP contribution in [0.3, 0.4) is 0 Å². The summed E-state index contributed by atoms with van der Waals surface area (Å²) in [6.07, 6.45) is 6.28. The zero-order valence-electron chi connectivity index (χ0n) is 12.7. The van der Waals surface area contributed by atoms with Crippen LogP contribution in [0.25, 0.3) is 10.9 Å². The van der Waals surface area contributed by atoms with Crippen molar-refractivity contribution in [3.63, 3.8) is 0 Å². The second kappa shape index (κ2) is 5.83. The molecule has 1 saturated carbocycles. The topological polar surface area (TPSA) is 70.7 Å². The maximum Gasteiger partial charge on any atom is 0.224 e. The van der Waals surface area contributed by atoms with Crippen LogP contribution in [0.4, 0.5) is 0 Å². The van der Waals surface area contributed by atoms with E-state index in [0.717, 1.165) is 27.9 Å². The number of carbonyl (C=O) groups is 1. The summed E-state index contributed by atoms with van der Waals surface area (Å²) in [4.78, 5) is 23.9. The molecule has 1 aromatic carbocycles. The fraction of sp³-hybridized carbons (Fsp3) is 0.278. The van der Waals surface area contributed by atoms with E-state index < -0.39 is 0 Å². The van der Waals surface area contributed by atoms with Crippen molar-refractivity contribution in [2.75, 3.05) is 0 Å². The molecule has 2 aromatic heterocycles. The van der Waals surface area contributed by atoms with E-state index in [1.807, 2.05) is 36.5 Å². The van der Waals surface area contributed by atoms with Crippen molar-refractivity contribution in [3.05, 3.63) is 59.8 Å². The number of hydrogen-bond donors (Lipinski definition) is 2. The van der Waals surface area contributed by atoms with E-state index in [-0.39, 0.29) is 5.91 Å². The Morgan fingerprint density at radius 1 is 1.26 bits per heavy atom. The van der Waals surface area contributed by atoms with Crippen molar-refractivity contribution < 1.29 is 4.79 Å². The fourth-order valence-corrected chi connectivity index (χ4v) is 2.82. The molecule has 4 rings (SSSR count). The molecule has 1 aliphatic carbocycles. The van der Waals surface area contributed by atoms with Crippen molar-refractivity contribution in [2.24, 2.45) is 0 Å². The minimum atomic E-state index is 0.00124. The lowest BCUT2D eigenvalue weighted by atomic mass is 10.1. The molecule has 0 aliphatic heterocycles. The highest BCUT2D eigenvalue weighted by atomic mass is 16.1. The Morgan fingerprint density at radius 3 is 3.00 bits per heavy atom. The van der Waals surface area contributed by atoms with Crippen LogP contribution in [-0.4, -0.2) is 20.9 Å². The van der Waals surface area contributed by atoms with Gasteiger partial charge in [0.05, 0.1) is 18.7 Å². The number of hydrogen-bond acceptors (Lipinski definition) is 3. The highest BCUT2D eigenvalue weighted by Crippen LogP contribution is 2.38. The zero-order valence-corrected chi connectivity index (χ0v) is 12.7. The lowest BCUT2D eigenvalue weighted by molar-refractivity contribution is -0.120. The molecule has 2 N–H and O–H groups in total. The average Bonchev–Trinajstić information content (AvgIpc) is 3.36. The predicted molar refractivity (Wildman–Crippen MR) is 87.9 cm³/mol. The molecule has 1 aliphatic rings. The molecule has 5 heteroatoms. The number of benzene rings is 1. The van der Waals surface area contributed by atoms with Crippen LogP contribution in [0.1, 0.15) is 35.7 Å². The number of fused-ring (bicyclic) bond motifs is 1. The average molecular weight is 306 g/mol. The van der Waals surface area contributed by atoms with E-state index in [4.69, 9.17) is 0 Å². The quantitative estimate of drug-likeness (QED) is 0.761. The molecule has 0 radical (unpaired) electrons. The summed E-state index contributed by atoms with van der Waals surface area (Å²) in [5, 5.41) is 4.04. The summed E-state index contributed by atoms with van der Waals surface area (Å²) in [6, 6.07) is 10.0. The molecule has 0 saturated heterocycles. The fourth-order valence-electron chi connectivity index (χ4n) is 2.82. The number of para-hydroxylation sites is 1. The van der Waals surface area contributed by atoms with Crippen LogP contribution in [-0.2, 0) is 17.8 Å². The Balaban J connectivity index is 1.39. The van der Waals surface area contributed by atoms with Gasteiger partial charge in [-0.25, -0.2) is 9.97 Å². The third-order valence-electron chi connectivity index (χ3n) is 4.23. The number of amides is 1. The Bertz CT molecular complexity index is 851. The van der Waals surface area contributed by atoms with Crippen molar-refractivity contribution in [2.45, 2.75) is 31.7 Å². The molecule has 116 valence electrons. The molecular formula is C18H18N4O. The van der Waals surface area contributed by atoms with Gasteiger partial charge in [-0.2, -0.15) is 0 Å². The number of nitrogens with zero attached hydrogens (tertiary/aromatic N) is 2. The molecule has 1 amide bonds. The standard InChI is InChI=1S/C18H18N4O/c23-18(7-13-9-19-16-4-2-1-3-15(13)16)20-10-14-8-17(12-5-6-12)22-11-21-14/h1-4,8-9,11-12,19H,5-7,10H2,(H,20,23). The van der Waals surface area contributed by atoms with Gasteiger partial charge in [0, 0.05) is 28.7 Å².